The first-order valence-corrected chi connectivity index (χ1v) is 5.94. The van der Waals surface area contributed by atoms with E-state index in [-0.39, 0.29) is 5.69 Å². The fraction of sp³-hybridized carbons (Fsp3) is 0.400. The highest BCUT2D eigenvalue weighted by molar-refractivity contribution is 9.09. The smallest absolute Gasteiger partial charge is 0.250 e. The molecule has 0 aliphatic rings. The average molecular weight is 270 g/mol. The van der Waals surface area contributed by atoms with E-state index < -0.39 is 0 Å². The number of aromatic nitrogens is 3. The summed E-state index contributed by atoms with van der Waals surface area (Å²) in [6.45, 7) is 2.72. The van der Waals surface area contributed by atoms with Gasteiger partial charge in [0.15, 0.2) is 5.65 Å². The van der Waals surface area contributed by atoms with Crippen LogP contribution in [-0.2, 0) is 6.54 Å². The Balaban J connectivity index is 2.45. The zero-order valence-corrected chi connectivity index (χ0v) is 10.0. The van der Waals surface area contributed by atoms with Gasteiger partial charge in [-0.3, -0.25) is 4.40 Å². The maximum Gasteiger partial charge on any atom is 0.350 e. The lowest BCUT2D eigenvalue weighted by Crippen LogP contribution is -2.24. The lowest BCUT2D eigenvalue weighted by molar-refractivity contribution is 0.479. The summed E-state index contributed by atoms with van der Waals surface area (Å²) in [5, 5.41) is 5.11. The van der Waals surface area contributed by atoms with Crippen molar-refractivity contribution < 1.29 is 0 Å². The Morgan fingerprint density at radius 1 is 1.53 bits per heavy atom. The molecule has 0 aromatic carbocycles. The highest BCUT2D eigenvalue weighted by atomic mass is 79.9. The second kappa shape index (κ2) is 4.18. The Bertz CT molecular complexity index is 517. The third kappa shape index (κ3) is 1.97. The van der Waals surface area contributed by atoms with Crippen molar-refractivity contribution in [3.8, 4) is 0 Å². The number of alkyl halides is 1. The molecule has 0 radical (unpaired) electrons. The van der Waals surface area contributed by atoms with Gasteiger partial charge >= 0.3 is 5.69 Å². The van der Waals surface area contributed by atoms with Crippen LogP contribution in [0.5, 0.6) is 0 Å². The van der Waals surface area contributed by atoms with Crippen LogP contribution in [0.25, 0.3) is 5.65 Å². The van der Waals surface area contributed by atoms with Crippen LogP contribution >= 0.6 is 15.9 Å². The Morgan fingerprint density at radius 2 is 2.33 bits per heavy atom. The van der Waals surface area contributed by atoms with Crippen LogP contribution in [0.4, 0.5) is 0 Å². The molecule has 2 rings (SSSR count). The van der Waals surface area contributed by atoms with Crippen LogP contribution in [0.15, 0.2) is 29.2 Å². The maximum atomic E-state index is 11.8. The summed E-state index contributed by atoms with van der Waals surface area (Å²) in [7, 11) is 0. The number of hydrogen-bond acceptors (Lipinski definition) is 2. The minimum absolute atomic E-state index is 0.0709. The third-order valence-electron chi connectivity index (χ3n) is 2.24. The van der Waals surface area contributed by atoms with Gasteiger partial charge in [0.25, 0.3) is 0 Å². The van der Waals surface area contributed by atoms with E-state index in [0.29, 0.717) is 18.1 Å². The van der Waals surface area contributed by atoms with Crippen LogP contribution < -0.4 is 5.69 Å². The Labute approximate surface area is 95.7 Å². The Kier molecular flexibility index (Phi) is 2.90. The molecule has 0 bridgehead atoms. The molecule has 0 fully saturated rings. The molecule has 5 heteroatoms. The SMILES string of the molecule is CC(CBr)Cn1nc2ccccn2c1=O. The molecule has 0 aliphatic heterocycles. The molecule has 1 atom stereocenters. The summed E-state index contributed by atoms with van der Waals surface area (Å²) in [5.74, 6) is 0.396. The summed E-state index contributed by atoms with van der Waals surface area (Å²) in [6.07, 6.45) is 1.74. The van der Waals surface area contributed by atoms with Gasteiger partial charge in [-0.15, -0.1) is 5.10 Å². The van der Waals surface area contributed by atoms with Crippen LogP contribution in [0.1, 0.15) is 6.92 Å². The van der Waals surface area contributed by atoms with Crippen molar-refractivity contribution in [2.45, 2.75) is 13.5 Å². The minimum Gasteiger partial charge on any atom is -0.250 e. The van der Waals surface area contributed by atoms with Gasteiger partial charge < -0.3 is 0 Å². The molecular formula is C10H12BrN3O. The normalized spacial score (nSPS) is 13.2. The largest absolute Gasteiger partial charge is 0.350 e. The van der Waals surface area contributed by atoms with Crippen molar-refractivity contribution in [3.63, 3.8) is 0 Å². The van der Waals surface area contributed by atoms with Gasteiger partial charge in [-0.25, -0.2) is 9.48 Å². The van der Waals surface area contributed by atoms with Gasteiger partial charge in [-0.2, -0.15) is 0 Å². The quantitative estimate of drug-likeness (QED) is 0.793. The van der Waals surface area contributed by atoms with E-state index >= 15 is 0 Å². The molecule has 0 amide bonds. The maximum absolute atomic E-state index is 11.8. The molecule has 2 heterocycles. The Hall–Kier alpha value is -1.10. The van der Waals surface area contributed by atoms with Crippen molar-refractivity contribution >= 4 is 21.6 Å². The van der Waals surface area contributed by atoms with Crippen molar-refractivity contribution in [3.05, 3.63) is 34.9 Å². The summed E-state index contributed by atoms with van der Waals surface area (Å²) >= 11 is 3.39. The number of pyridine rings is 1. The molecule has 0 saturated heterocycles. The first-order valence-electron chi connectivity index (χ1n) is 4.82. The average Bonchev–Trinajstić information content (AvgIpc) is 2.57. The minimum atomic E-state index is -0.0709. The van der Waals surface area contributed by atoms with Crippen molar-refractivity contribution in [2.24, 2.45) is 5.92 Å². The van der Waals surface area contributed by atoms with E-state index in [1.165, 1.54) is 4.68 Å². The predicted molar refractivity (Wildman–Crippen MR) is 62.4 cm³/mol. The molecule has 0 spiro atoms. The van der Waals surface area contributed by atoms with Crippen LogP contribution in [0.2, 0.25) is 0 Å². The lowest BCUT2D eigenvalue weighted by Gasteiger charge is -2.04. The van der Waals surface area contributed by atoms with E-state index in [0.717, 1.165) is 5.33 Å². The third-order valence-corrected chi connectivity index (χ3v) is 3.34. The van der Waals surface area contributed by atoms with Crippen molar-refractivity contribution in [2.75, 3.05) is 5.33 Å². The van der Waals surface area contributed by atoms with Crippen LogP contribution in [-0.4, -0.2) is 19.5 Å². The molecule has 0 N–H and O–H groups in total. The van der Waals surface area contributed by atoms with E-state index in [1.54, 1.807) is 10.6 Å². The number of nitrogens with zero attached hydrogens (tertiary/aromatic N) is 3. The highest BCUT2D eigenvalue weighted by Gasteiger charge is 2.08. The summed E-state index contributed by atoms with van der Waals surface area (Å²) in [4.78, 5) is 11.8. The van der Waals surface area contributed by atoms with Crippen LogP contribution in [0.3, 0.4) is 0 Å². The molecule has 0 aliphatic carbocycles. The molecule has 80 valence electrons. The van der Waals surface area contributed by atoms with E-state index in [1.807, 2.05) is 18.2 Å². The number of hydrogen-bond donors (Lipinski definition) is 0. The summed E-state index contributed by atoms with van der Waals surface area (Å²) in [6, 6.07) is 5.53. The van der Waals surface area contributed by atoms with E-state index in [4.69, 9.17) is 0 Å². The van der Waals surface area contributed by atoms with E-state index in [9.17, 15) is 4.79 Å². The Morgan fingerprint density at radius 3 is 3.00 bits per heavy atom. The standard InChI is InChI=1S/C10H12BrN3O/c1-8(6-11)7-14-10(15)13-5-3-2-4-9(13)12-14/h2-5,8H,6-7H2,1H3. The molecular weight excluding hydrogens is 258 g/mol. The topological polar surface area (TPSA) is 39.3 Å². The molecule has 1 unspecified atom stereocenters. The first-order chi connectivity index (χ1) is 7.22. The number of fused-ring (bicyclic) bond motifs is 1. The number of rotatable bonds is 3. The second-order valence-corrected chi connectivity index (χ2v) is 4.30. The highest BCUT2D eigenvalue weighted by Crippen LogP contribution is 2.03. The molecule has 2 aromatic rings. The molecule has 2 aromatic heterocycles. The monoisotopic (exact) mass is 269 g/mol. The van der Waals surface area contributed by atoms with Crippen molar-refractivity contribution in [1.29, 1.82) is 0 Å². The summed E-state index contributed by atoms with van der Waals surface area (Å²) in [5.41, 5.74) is 0.627. The van der Waals surface area contributed by atoms with Gasteiger partial charge in [-0.05, 0) is 18.1 Å². The van der Waals surface area contributed by atoms with E-state index in [2.05, 4.69) is 28.0 Å². The molecule has 0 saturated carbocycles. The number of halogens is 1. The predicted octanol–water partition coefficient (Wildman–Crippen LogP) is 1.53. The van der Waals surface area contributed by atoms with Gasteiger partial charge in [0.1, 0.15) is 0 Å². The zero-order valence-electron chi connectivity index (χ0n) is 8.43. The van der Waals surface area contributed by atoms with Crippen molar-refractivity contribution in [1.82, 2.24) is 14.2 Å². The summed E-state index contributed by atoms with van der Waals surface area (Å²) < 4.78 is 3.07. The van der Waals surface area contributed by atoms with Crippen LogP contribution in [0, 0.1) is 5.92 Å². The van der Waals surface area contributed by atoms with Gasteiger partial charge in [-0.1, -0.05) is 28.9 Å². The molecule has 15 heavy (non-hydrogen) atoms. The van der Waals surface area contributed by atoms with Gasteiger partial charge in [0.05, 0.1) is 0 Å². The zero-order chi connectivity index (χ0) is 10.8. The molecule has 4 nitrogen and oxygen atoms in total. The fourth-order valence-corrected chi connectivity index (χ4v) is 1.64. The fourth-order valence-electron chi connectivity index (χ4n) is 1.43. The van der Waals surface area contributed by atoms with Gasteiger partial charge in [0, 0.05) is 18.1 Å². The second-order valence-electron chi connectivity index (χ2n) is 3.65. The van der Waals surface area contributed by atoms with Gasteiger partial charge in [0.2, 0.25) is 0 Å². The lowest BCUT2D eigenvalue weighted by atomic mass is 10.2. The first kappa shape index (κ1) is 10.4.